The van der Waals surface area contributed by atoms with Crippen LogP contribution in [0.4, 0.5) is 0 Å². The number of nitrogens with one attached hydrogen (secondary N) is 1. The van der Waals surface area contributed by atoms with Crippen LogP contribution >= 0.6 is 22.6 Å². The fraction of sp³-hybridized carbons (Fsp3) is 0.250. The smallest absolute Gasteiger partial charge is 0.343 e. The molecule has 0 aliphatic heterocycles. The summed E-state index contributed by atoms with van der Waals surface area (Å²) in [6, 6.07) is 7.49. The van der Waals surface area contributed by atoms with E-state index in [0.29, 0.717) is 5.56 Å². The maximum Gasteiger partial charge on any atom is 0.343 e. The van der Waals surface area contributed by atoms with Gasteiger partial charge in [0.05, 0.1) is 0 Å². The number of hydrogen-bond acceptors (Lipinski definition) is 3. The van der Waals surface area contributed by atoms with Crippen molar-refractivity contribution in [2.75, 3.05) is 4.61 Å². The Labute approximate surface area is 112 Å². The Hall–Kier alpha value is -1.08. The lowest BCUT2D eigenvalue weighted by molar-refractivity contribution is -0.161. The number of hydrogen-bond donors (Lipinski definition) is 2. The molecule has 2 rings (SSSR count). The summed E-state index contributed by atoms with van der Waals surface area (Å²) in [5, 5.41) is 11.1. The van der Waals surface area contributed by atoms with Crippen molar-refractivity contribution in [3.63, 3.8) is 0 Å². The predicted octanol–water partition coefficient (Wildman–Crippen LogP) is 2.31. The molecule has 0 saturated carbocycles. The molecule has 0 amide bonds. The molecule has 0 aliphatic rings. The molecule has 1 unspecified atom stereocenters. The number of halogens is 1. The highest BCUT2D eigenvalue weighted by atomic mass is 127. The van der Waals surface area contributed by atoms with Crippen molar-refractivity contribution in [3.05, 3.63) is 36.0 Å². The van der Waals surface area contributed by atoms with Crippen LogP contribution in [0.1, 0.15) is 12.5 Å². The van der Waals surface area contributed by atoms with Gasteiger partial charge in [0.1, 0.15) is 4.61 Å². The van der Waals surface area contributed by atoms with E-state index in [-0.39, 0.29) is 4.61 Å². The molecular formula is C12H12INO3. The average molecular weight is 345 g/mol. The van der Waals surface area contributed by atoms with Gasteiger partial charge in [0.15, 0.2) is 5.60 Å². The second-order valence-corrected chi connectivity index (χ2v) is 4.48. The first-order valence-electron chi connectivity index (χ1n) is 5.09. The van der Waals surface area contributed by atoms with E-state index in [1.807, 2.05) is 46.9 Å². The average Bonchev–Trinajstić information content (AvgIpc) is 2.73. The van der Waals surface area contributed by atoms with E-state index in [1.165, 1.54) is 6.92 Å². The summed E-state index contributed by atoms with van der Waals surface area (Å²) >= 11 is 1.92. The van der Waals surface area contributed by atoms with Crippen LogP contribution in [0.2, 0.25) is 0 Å². The number of alkyl halides is 1. The number of carbonyl (C=O) groups is 1. The lowest BCUT2D eigenvalue weighted by atomic mass is 9.96. The van der Waals surface area contributed by atoms with Crippen molar-refractivity contribution >= 4 is 39.5 Å². The highest BCUT2D eigenvalue weighted by Crippen LogP contribution is 2.29. The molecule has 1 aromatic carbocycles. The molecule has 0 spiro atoms. The van der Waals surface area contributed by atoms with Gasteiger partial charge in [-0.05, 0) is 35.6 Å². The van der Waals surface area contributed by atoms with Crippen molar-refractivity contribution in [1.82, 2.24) is 4.98 Å². The number of carbonyl (C=O) groups excluding carboxylic acids is 1. The number of H-pyrrole nitrogens is 1. The van der Waals surface area contributed by atoms with E-state index < -0.39 is 11.6 Å². The Morgan fingerprint density at radius 1 is 1.53 bits per heavy atom. The van der Waals surface area contributed by atoms with Gasteiger partial charge in [0.2, 0.25) is 0 Å². The molecule has 4 nitrogen and oxygen atoms in total. The fourth-order valence-corrected chi connectivity index (χ4v) is 2.06. The first kappa shape index (κ1) is 12.4. The number of fused-ring (bicyclic) bond motifs is 1. The molecule has 0 saturated heterocycles. The maximum absolute atomic E-state index is 11.7. The van der Waals surface area contributed by atoms with E-state index in [4.69, 9.17) is 4.74 Å². The van der Waals surface area contributed by atoms with Gasteiger partial charge in [-0.25, -0.2) is 4.79 Å². The summed E-state index contributed by atoms with van der Waals surface area (Å²) in [6.45, 7) is 1.44. The minimum absolute atomic E-state index is 0.217. The largest absolute Gasteiger partial charge is 0.453 e. The quantitative estimate of drug-likeness (QED) is 0.510. The van der Waals surface area contributed by atoms with Gasteiger partial charge in [0, 0.05) is 22.7 Å². The van der Waals surface area contributed by atoms with Gasteiger partial charge in [-0.3, -0.25) is 0 Å². The molecule has 1 heterocycles. The van der Waals surface area contributed by atoms with E-state index >= 15 is 0 Å². The Morgan fingerprint density at radius 2 is 2.24 bits per heavy atom. The Morgan fingerprint density at radius 3 is 2.94 bits per heavy atom. The Kier molecular flexibility index (Phi) is 3.39. The summed E-state index contributed by atoms with van der Waals surface area (Å²) < 4.78 is 5.08. The van der Waals surface area contributed by atoms with Crippen LogP contribution in [0.25, 0.3) is 10.9 Å². The summed E-state index contributed by atoms with van der Waals surface area (Å²) in [5.41, 5.74) is -0.224. The zero-order valence-corrected chi connectivity index (χ0v) is 11.4. The van der Waals surface area contributed by atoms with E-state index in [0.717, 1.165) is 10.9 Å². The SMILES string of the molecule is CC(O)(C(=O)OCI)c1c[nH]c2ccccc12. The number of aliphatic hydroxyl groups is 1. The lowest BCUT2D eigenvalue weighted by Crippen LogP contribution is -2.33. The van der Waals surface area contributed by atoms with Crippen LogP contribution in [0.3, 0.4) is 0 Å². The highest BCUT2D eigenvalue weighted by Gasteiger charge is 2.36. The molecule has 90 valence electrons. The molecule has 5 heteroatoms. The van der Waals surface area contributed by atoms with Crippen LogP contribution in [0.5, 0.6) is 0 Å². The number of para-hydroxylation sites is 1. The topological polar surface area (TPSA) is 62.3 Å². The van der Waals surface area contributed by atoms with Crippen LogP contribution in [-0.4, -0.2) is 20.7 Å². The summed E-state index contributed by atoms with van der Waals surface area (Å²) in [7, 11) is 0. The first-order valence-corrected chi connectivity index (χ1v) is 6.62. The van der Waals surface area contributed by atoms with Gasteiger partial charge in [0.25, 0.3) is 0 Å². The van der Waals surface area contributed by atoms with Gasteiger partial charge >= 0.3 is 5.97 Å². The van der Waals surface area contributed by atoms with E-state index in [1.54, 1.807) is 6.20 Å². The van der Waals surface area contributed by atoms with Crippen molar-refractivity contribution in [3.8, 4) is 0 Å². The third kappa shape index (κ3) is 2.16. The van der Waals surface area contributed by atoms with Crippen LogP contribution in [0, 0.1) is 0 Å². The van der Waals surface area contributed by atoms with E-state index in [2.05, 4.69) is 4.98 Å². The van der Waals surface area contributed by atoms with Crippen LogP contribution < -0.4 is 0 Å². The molecular weight excluding hydrogens is 333 g/mol. The minimum atomic E-state index is -1.63. The second kappa shape index (κ2) is 4.66. The molecule has 1 aromatic heterocycles. The molecule has 17 heavy (non-hydrogen) atoms. The zero-order valence-electron chi connectivity index (χ0n) is 9.24. The third-order valence-electron chi connectivity index (χ3n) is 2.70. The van der Waals surface area contributed by atoms with Gasteiger partial charge < -0.3 is 14.8 Å². The number of rotatable bonds is 3. The number of aromatic nitrogens is 1. The molecule has 0 aliphatic carbocycles. The Balaban J connectivity index is 2.48. The molecule has 2 N–H and O–H groups in total. The van der Waals surface area contributed by atoms with Gasteiger partial charge in [-0.1, -0.05) is 18.2 Å². The Bertz CT molecular complexity index is 547. The first-order chi connectivity index (χ1) is 8.07. The summed E-state index contributed by atoms with van der Waals surface area (Å²) in [6.07, 6.45) is 1.64. The third-order valence-corrected chi connectivity index (χ3v) is 3.01. The van der Waals surface area contributed by atoms with Crippen LogP contribution in [0.15, 0.2) is 30.5 Å². The van der Waals surface area contributed by atoms with Gasteiger partial charge in [-0.15, -0.1) is 0 Å². The van der Waals surface area contributed by atoms with Crippen molar-refractivity contribution < 1.29 is 14.6 Å². The standard InChI is InChI=1S/C12H12INO3/c1-12(16,11(15)17-7-13)9-6-14-10-5-3-2-4-8(9)10/h2-6,14,16H,7H2,1H3. The second-order valence-electron chi connectivity index (χ2n) is 3.86. The summed E-state index contributed by atoms with van der Waals surface area (Å²) in [5.74, 6) is -0.642. The molecule has 0 fully saturated rings. The molecule has 1 atom stereocenters. The lowest BCUT2D eigenvalue weighted by Gasteiger charge is -2.20. The number of esters is 1. The molecule has 2 aromatic rings. The monoisotopic (exact) mass is 345 g/mol. The predicted molar refractivity (Wildman–Crippen MR) is 72.8 cm³/mol. The van der Waals surface area contributed by atoms with Crippen LogP contribution in [-0.2, 0) is 15.1 Å². The van der Waals surface area contributed by atoms with Crippen molar-refractivity contribution in [2.24, 2.45) is 0 Å². The van der Waals surface area contributed by atoms with E-state index in [9.17, 15) is 9.90 Å². The molecule has 0 bridgehead atoms. The fourth-order valence-electron chi connectivity index (χ4n) is 1.77. The number of ether oxygens (including phenoxy) is 1. The summed E-state index contributed by atoms with van der Waals surface area (Å²) in [4.78, 5) is 14.7. The molecule has 0 radical (unpaired) electrons. The number of benzene rings is 1. The zero-order chi connectivity index (χ0) is 12.5. The minimum Gasteiger partial charge on any atom is -0.453 e. The number of aromatic amines is 1. The van der Waals surface area contributed by atoms with Crippen molar-refractivity contribution in [2.45, 2.75) is 12.5 Å². The normalized spacial score (nSPS) is 14.5. The maximum atomic E-state index is 11.7. The van der Waals surface area contributed by atoms with Gasteiger partial charge in [-0.2, -0.15) is 0 Å². The highest BCUT2D eigenvalue weighted by molar-refractivity contribution is 14.1. The van der Waals surface area contributed by atoms with Crippen molar-refractivity contribution in [1.29, 1.82) is 0 Å².